The van der Waals surface area contributed by atoms with Gasteiger partial charge in [0.05, 0.1) is 11.6 Å². The smallest absolute Gasteiger partial charge is 0.193 e. The first-order chi connectivity index (χ1) is 6.54. The maximum atomic E-state index is 13.2. The summed E-state index contributed by atoms with van der Waals surface area (Å²) in [5.41, 5.74) is -0.391. The predicted molar refractivity (Wildman–Crippen MR) is 54.5 cm³/mol. The number of anilines is 1. The van der Waals surface area contributed by atoms with Crippen molar-refractivity contribution in [1.29, 1.82) is 0 Å². The summed E-state index contributed by atoms with van der Waals surface area (Å²) < 4.78 is 26.3. The summed E-state index contributed by atoms with van der Waals surface area (Å²) in [4.78, 5) is 3.18. The van der Waals surface area contributed by atoms with Crippen molar-refractivity contribution in [3.05, 3.63) is 35.2 Å². The Labute approximate surface area is 85.4 Å². The molecule has 0 radical (unpaired) electrons. The Balaban J connectivity index is 3.19. The molecule has 0 fully saturated rings. The van der Waals surface area contributed by atoms with Crippen LogP contribution in [0.3, 0.4) is 0 Å². The van der Waals surface area contributed by atoms with E-state index in [1.165, 1.54) is 6.92 Å². The van der Waals surface area contributed by atoms with Crippen LogP contribution >= 0.6 is 12.2 Å². The normalized spacial score (nSPS) is 9.29. The van der Waals surface area contributed by atoms with E-state index in [9.17, 15) is 8.78 Å². The van der Waals surface area contributed by atoms with E-state index in [1.54, 1.807) is 0 Å². The molecular formula is C9H6F2N2S. The molecule has 14 heavy (non-hydrogen) atoms. The maximum Gasteiger partial charge on any atom is 0.193 e. The molecule has 0 amide bonds. The predicted octanol–water partition coefficient (Wildman–Crippen LogP) is 3.27. The van der Waals surface area contributed by atoms with Crippen molar-refractivity contribution in [3.8, 4) is 0 Å². The van der Waals surface area contributed by atoms with Gasteiger partial charge in [-0.1, -0.05) is 12.2 Å². The van der Waals surface area contributed by atoms with Gasteiger partial charge >= 0.3 is 0 Å². The van der Waals surface area contributed by atoms with Crippen LogP contribution in [0.4, 0.5) is 20.2 Å². The zero-order chi connectivity index (χ0) is 10.7. The Morgan fingerprint density at radius 2 is 1.93 bits per heavy atom. The fourth-order valence-electron chi connectivity index (χ4n) is 0.920. The lowest BCUT2D eigenvalue weighted by atomic mass is 10.2. The van der Waals surface area contributed by atoms with Crippen molar-refractivity contribution in [2.45, 2.75) is 6.92 Å². The molecule has 0 aliphatic rings. The lowest BCUT2D eigenvalue weighted by Gasteiger charge is -2.06. The third kappa shape index (κ3) is 2.24. The average molecular weight is 212 g/mol. The zero-order valence-corrected chi connectivity index (χ0v) is 8.08. The number of benzene rings is 1. The fourth-order valence-corrected chi connectivity index (χ4v) is 1.02. The first-order valence-electron chi connectivity index (χ1n) is 3.68. The van der Waals surface area contributed by atoms with Gasteiger partial charge in [0.15, 0.2) is 5.69 Å². The van der Waals surface area contributed by atoms with Gasteiger partial charge in [-0.3, -0.25) is 0 Å². The lowest BCUT2D eigenvalue weighted by Crippen LogP contribution is -2.07. The molecule has 5 heteroatoms. The summed E-state index contributed by atoms with van der Waals surface area (Å²) in [5, 5.41) is 2.37. The molecule has 1 aromatic carbocycles. The van der Waals surface area contributed by atoms with Gasteiger partial charge in [-0.15, -0.1) is 0 Å². The Morgan fingerprint density at radius 3 is 2.29 bits per heavy atom. The second kappa shape index (κ2) is 4.11. The van der Waals surface area contributed by atoms with Crippen LogP contribution < -0.4 is 5.32 Å². The van der Waals surface area contributed by atoms with E-state index in [0.29, 0.717) is 0 Å². The SMILES string of the molecule is [C-]#[N+]c1cc(F)c(NC(C)=S)c(F)c1. The Kier molecular flexibility index (Phi) is 3.10. The van der Waals surface area contributed by atoms with Crippen LogP contribution in [-0.2, 0) is 0 Å². The molecule has 1 aromatic rings. The van der Waals surface area contributed by atoms with E-state index >= 15 is 0 Å². The monoisotopic (exact) mass is 212 g/mol. The van der Waals surface area contributed by atoms with Crippen LogP contribution in [0, 0.1) is 18.2 Å². The van der Waals surface area contributed by atoms with E-state index in [2.05, 4.69) is 22.4 Å². The number of nitrogens with zero attached hydrogens (tertiary/aromatic N) is 1. The van der Waals surface area contributed by atoms with Crippen molar-refractivity contribution in [3.63, 3.8) is 0 Å². The highest BCUT2D eigenvalue weighted by atomic mass is 32.1. The molecule has 72 valence electrons. The van der Waals surface area contributed by atoms with Crippen LogP contribution in [0.5, 0.6) is 0 Å². The Morgan fingerprint density at radius 1 is 1.43 bits per heavy atom. The first kappa shape index (κ1) is 10.5. The van der Waals surface area contributed by atoms with Gasteiger partial charge in [0, 0.05) is 0 Å². The summed E-state index contributed by atoms with van der Waals surface area (Å²) >= 11 is 4.65. The highest BCUT2D eigenvalue weighted by molar-refractivity contribution is 7.80. The number of hydrogen-bond donors (Lipinski definition) is 1. The van der Waals surface area contributed by atoms with Gasteiger partial charge in [0.1, 0.15) is 17.3 Å². The highest BCUT2D eigenvalue weighted by Gasteiger charge is 2.10. The van der Waals surface area contributed by atoms with Gasteiger partial charge < -0.3 is 5.32 Å². The van der Waals surface area contributed by atoms with Gasteiger partial charge in [0.25, 0.3) is 0 Å². The molecule has 2 nitrogen and oxygen atoms in total. The third-order valence-corrected chi connectivity index (χ3v) is 1.56. The van der Waals surface area contributed by atoms with Crippen molar-refractivity contribution in [1.82, 2.24) is 0 Å². The van der Waals surface area contributed by atoms with Crippen LogP contribution in [0.1, 0.15) is 6.92 Å². The molecule has 0 unspecified atom stereocenters. The van der Waals surface area contributed by atoms with Crippen molar-refractivity contribution in [2.75, 3.05) is 5.32 Å². The minimum absolute atomic E-state index is 0.0763. The van der Waals surface area contributed by atoms with Gasteiger partial charge in [-0.05, 0) is 19.1 Å². The lowest BCUT2D eigenvalue weighted by molar-refractivity contribution is 0.592. The van der Waals surface area contributed by atoms with E-state index < -0.39 is 11.6 Å². The third-order valence-electron chi connectivity index (χ3n) is 1.46. The minimum Gasteiger partial charge on any atom is -0.346 e. The second-order valence-electron chi connectivity index (χ2n) is 2.58. The van der Waals surface area contributed by atoms with Gasteiger partial charge in [0.2, 0.25) is 0 Å². The molecule has 1 rings (SSSR count). The first-order valence-corrected chi connectivity index (χ1v) is 4.09. The summed E-state index contributed by atoms with van der Waals surface area (Å²) in [6.45, 7) is 8.11. The molecule has 0 aliphatic heterocycles. The molecule has 0 atom stereocenters. The molecular weight excluding hydrogens is 206 g/mol. The molecule has 0 spiro atoms. The van der Waals surface area contributed by atoms with E-state index in [0.717, 1.165) is 12.1 Å². The van der Waals surface area contributed by atoms with E-state index in [4.69, 9.17) is 6.57 Å². The Bertz CT molecular complexity index is 400. The molecule has 0 saturated carbocycles. The van der Waals surface area contributed by atoms with Crippen LogP contribution in [-0.4, -0.2) is 4.99 Å². The summed E-state index contributed by atoms with van der Waals surface area (Å²) in [6.07, 6.45) is 0. The van der Waals surface area contributed by atoms with Crippen LogP contribution in [0.15, 0.2) is 12.1 Å². The molecule has 0 heterocycles. The summed E-state index contributed by atoms with van der Waals surface area (Å²) in [6, 6.07) is 1.91. The number of rotatable bonds is 1. The number of thiocarbonyl (C=S) groups is 1. The van der Waals surface area contributed by atoms with Gasteiger partial charge in [-0.25, -0.2) is 13.6 Å². The van der Waals surface area contributed by atoms with E-state index in [-0.39, 0.29) is 16.4 Å². The fraction of sp³-hybridized carbons (Fsp3) is 0.111. The van der Waals surface area contributed by atoms with Crippen molar-refractivity contribution in [2.24, 2.45) is 0 Å². The Hall–Kier alpha value is -1.54. The number of hydrogen-bond acceptors (Lipinski definition) is 1. The molecule has 0 bridgehead atoms. The largest absolute Gasteiger partial charge is 0.346 e. The second-order valence-corrected chi connectivity index (χ2v) is 3.19. The zero-order valence-electron chi connectivity index (χ0n) is 7.27. The van der Waals surface area contributed by atoms with Crippen molar-refractivity contribution < 1.29 is 8.78 Å². The maximum absolute atomic E-state index is 13.2. The highest BCUT2D eigenvalue weighted by Crippen LogP contribution is 2.25. The van der Waals surface area contributed by atoms with Crippen LogP contribution in [0.25, 0.3) is 4.85 Å². The quantitative estimate of drug-likeness (QED) is 0.568. The van der Waals surface area contributed by atoms with Crippen LogP contribution in [0.2, 0.25) is 0 Å². The molecule has 0 aromatic heterocycles. The molecule has 1 N–H and O–H groups in total. The number of nitrogens with one attached hydrogen (secondary N) is 1. The standard InChI is InChI=1S/C9H6F2N2S/c1-5(14)13-9-7(10)3-6(12-2)4-8(9)11/h3-4H,1H3,(H,13,14). The number of halogens is 2. The van der Waals surface area contributed by atoms with E-state index in [1.807, 2.05) is 0 Å². The van der Waals surface area contributed by atoms with Gasteiger partial charge in [-0.2, -0.15) is 0 Å². The molecule has 0 aliphatic carbocycles. The minimum atomic E-state index is -0.819. The van der Waals surface area contributed by atoms with Crippen molar-refractivity contribution >= 4 is 28.6 Å². The molecule has 0 saturated heterocycles. The topological polar surface area (TPSA) is 16.4 Å². The average Bonchev–Trinajstić information content (AvgIpc) is 2.10. The summed E-state index contributed by atoms with van der Waals surface area (Å²) in [7, 11) is 0. The summed E-state index contributed by atoms with van der Waals surface area (Å²) in [5.74, 6) is -1.64.